The van der Waals surface area contributed by atoms with Crippen LogP contribution in [0.1, 0.15) is 15.6 Å². The third-order valence-corrected chi connectivity index (χ3v) is 3.99. The van der Waals surface area contributed by atoms with Gasteiger partial charge in [0.05, 0.1) is 18.8 Å². The third kappa shape index (κ3) is 3.02. The van der Waals surface area contributed by atoms with Gasteiger partial charge in [-0.15, -0.1) is 11.3 Å². The molecule has 1 saturated heterocycles. The van der Waals surface area contributed by atoms with Gasteiger partial charge in [0, 0.05) is 18.0 Å². The summed E-state index contributed by atoms with van der Waals surface area (Å²) in [5, 5.41) is 8.54. The minimum Gasteiger partial charge on any atom is -0.385 e. The number of aromatic nitrogens is 1. The van der Waals surface area contributed by atoms with Crippen molar-refractivity contribution in [3.8, 4) is 0 Å². The minimum absolute atomic E-state index is 0.112. The van der Waals surface area contributed by atoms with Gasteiger partial charge in [0.2, 0.25) is 0 Å². The molecule has 17 heavy (non-hydrogen) atoms. The van der Waals surface area contributed by atoms with Gasteiger partial charge < -0.3 is 10.5 Å². The van der Waals surface area contributed by atoms with E-state index in [9.17, 15) is 0 Å². The van der Waals surface area contributed by atoms with Crippen LogP contribution in [0.4, 0.5) is 0 Å². The lowest BCUT2D eigenvalue weighted by Crippen LogP contribution is -2.47. The highest BCUT2D eigenvalue weighted by Crippen LogP contribution is 2.19. The minimum atomic E-state index is -0.258. The third-order valence-electron chi connectivity index (χ3n) is 2.93. The summed E-state index contributed by atoms with van der Waals surface area (Å²) in [5.74, 6) is 0.112. The Morgan fingerprint density at radius 2 is 2.41 bits per heavy atom. The topological polar surface area (TPSA) is 75.2 Å². The molecule has 0 spiro atoms. The highest BCUT2D eigenvalue weighted by molar-refractivity contribution is 7.11. The Labute approximate surface area is 105 Å². The van der Waals surface area contributed by atoms with Crippen molar-refractivity contribution in [1.82, 2.24) is 9.88 Å². The number of ether oxygens (including phenoxy) is 1. The summed E-state index contributed by atoms with van der Waals surface area (Å²) in [7, 11) is 0. The molecule has 3 N–H and O–H groups in total. The molecule has 5 nitrogen and oxygen atoms in total. The fourth-order valence-corrected chi connectivity index (χ4v) is 2.81. The number of nitrogens with zero attached hydrogens (tertiary/aromatic N) is 2. The van der Waals surface area contributed by atoms with Crippen molar-refractivity contribution < 1.29 is 4.74 Å². The first-order valence-electron chi connectivity index (χ1n) is 5.67. The van der Waals surface area contributed by atoms with Crippen LogP contribution in [0, 0.1) is 19.3 Å². The Balaban J connectivity index is 1.96. The number of aryl methyl sites for hydroxylation is 2. The zero-order valence-corrected chi connectivity index (χ0v) is 11.0. The molecule has 1 aliphatic heterocycles. The summed E-state index contributed by atoms with van der Waals surface area (Å²) in [5.41, 5.74) is 6.58. The number of hydrogen-bond acceptors (Lipinski definition) is 5. The van der Waals surface area contributed by atoms with Gasteiger partial charge in [-0.05, 0) is 13.8 Å². The number of hydrogen-bond donors (Lipinski definition) is 2. The number of amidine groups is 1. The maximum Gasteiger partial charge on any atom is 0.127 e. The summed E-state index contributed by atoms with van der Waals surface area (Å²) in [6, 6.07) is 0. The predicted octanol–water partition coefficient (Wildman–Crippen LogP) is 0.897. The second-order valence-corrected chi connectivity index (χ2v) is 5.59. The number of thiazole rings is 1. The lowest BCUT2D eigenvalue weighted by atomic mass is 10.2. The predicted molar refractivity (Wildman–Crippen MR) is 68.5 cm³/mol. The van der Waals surface area contributed by atoms with Gasteiger partial charge in [0.1, 0.15) is 16.9 Å². The number of rotatable bonds is 3. The average molecular weight is 254 g/mol. The van der Waals surface area contributed by atoms with E-state index in [0.29, 0.717) is 13.2 Å². The van der Waals surface area contributed by atoms with Crippen LogP contribution in [0.25, 0.3) is 0 Å². The van der Waals surface area contributed by atoms with E-state index in [1.807, 2.05) is 6.92 Å². The van der Waals surface area contributed by atoms with E-state index in [2.05, 4.69) is 16.8 Å². The maximum atomic E-state index is 7.41. The first-order chi connectivity index (χ1) is 8.06. The first-order valence-corrected chi connectivity index (χ1v) is 6.48. The van der Waals surface area contributed by atoms with E-state index in [-0.39, 0.29) is 11.9 Å². The molecule has 1 aromatic heterocycles. The lowest BCUT2D eigenvalue weighted by Gasteiger charge is -2.31. The molecule has 2 rings (SSSR count). The molecule has 1 unspecified atom stereocenters. The molecule has 1 fully saturated rings. The van der Waals surface area contributed by atoms with Crippen LogP contribution in [0.3, 0.4) is 0 Å². The monoisotopic (exact) mass is 254 g/mol. The molecule has 94 valence electrons. The lowest BCUT2D eigenvalue weighted by molar-refractivity contribution is 0.00233. The van der Waals surface area contributed by atoms with Gasteiger partial charge in [0.15, 0.2) is 0 Å². The fourth-order valence-electron chi connectivity index (χ4n) is 1.83. The molecule has 1 aliphatic rings. The summed E-state index contributed by atoms with van der Waals surface area (Å²) in [6.07, 6.45) is -0.258. The van der Waals surface area contributed by atoms with Crippen molar-refractivity contribution in [2.24, 2.45) is 5.73 Å². The van der Waals surface area contributed by atoms with Crippen molar-refractivity contribution in [3.63, 3.8) is 0 Å². The van der Waals surface area contributed by atoms with Crippen molar-refractivity contribution in [2.75, 3.05) is 19.7 Å². The Kier molecular flexibility index (Phi) is 3.76. The van der Waals surface area contributed by atoms with Crippen LogP contribution in [-0.4, -0.2) is 41.5 Å². The van der Waals surface area contributed by atoms with Crippen LogP contribution < -0.4 is 5.73 Å². The molecule has 1 atom stereocenters. The van der Waals surface area contributed by atoms with Crippen LogP contribution >= 0.6 is 11.3 Å². The van der Waals surface area contributed by atoms with Gasteiger partial charge in [0.25, 0.3) is 0 Å². The first kappa shape index (κ1) is 12.5. The zero-order chi connectivity index (χ0) is 12.4. The van der Waals surface area contributed by atoms with Crippen molar-refractivity contribution in [2.45, 2.75) is 26.5 Å². The highest BCUT2D eigenvalue weighted by Gasteiger charge is 2.23. The van der Waals surface area contributed by atoms with Crippen LogP contribution in [0.2, 0.25) is 0 Å². The van der Waals surface area contributed by atoms with Crippen LogP contribution in [0.5, 0.6) is 0 Å². The SMILES string of the molecule is Cc1nc(CN2CCOC(C(=N)N)C2)sc1C. The normalized spacial score (nSPS) is 21.6. The Bertz CT molecular complexity index is 398. The Morgan fingerprint density at radius 3 is 3.00 bits per heavy atom. The molecule has 0 bridgehead atoms. The van der Waals surface area contributed by atoms with Crippen LogP contribution in [-0.2, 0) is 11.3 Å². The maximum absolute atomic E-state index is 7.41. The second kappa shape index (κ2) is 5.12. The average Bonchev–Trinajstić information content (AvgIpc) is 2.58. The molecule has 0 aliphatic carbocycles. The quantitative estimate of drug-likeness (QED) is 0.620. The van der Waals surface area contributed by atoms with Crippen molar-refractivity contribution in [3.05, 3.63) is 15.6 Å². The second-order valence-electron chi connectivity index (χ2n) is 4.30. The number of nitrogens with two attached hydrogens (primary N) is 1. The Hall–Kier alpha value is -0.980. The van der Waals surface area contributed by atoms with Gasteiger partial charge in [-0.25, -0.2) is 4.98 Å². The summed E-state index contributed by atoms with van der Waals surface area (Å²) in [6.45, 7) is 7.15. The van der Waals surface area contributed by atoms with Gasteiger partial charge in [-0.1, -0.05) is 0 Å². The van der Waals surface area contributed by atoms with E-state index in [4.69, 9.17) is 15.9 Å². The highest BCUT2D eigenvalue weighted by atomic mass is 32.1. The standard InChI is InChI=1S/C11H18N4OS/c1-7-8(2)17-10(14-7)6-15-3-4-16-9(5-15)11(12)13/h9H,3-6H2,1-2H3,(H3,12,13). The largest absolute Gasteiger partial charge is 0.385 e. The molecular weight excluding hydrogens is 236 g/mol. The molecule has 0 saturated carbocycles. The summed E-state index contributed by atoms with van der Waals surface area (Å²) in [4.78, 5) is 8.04. The van der Waals surface area contributed by atoms with Crippen molar-refractivity contribution in [1.29, 1.82) is 5.41 Å². The zero-order valence-electron chi connectivity index (χ0n) is 10.2. The molecule has 0 radical (unpaired) electrons. The fraction of sp³-hybridized carbons (Fsp3) is 0.636. The van der Waals surface area contributed by atoms with E-state index < -0.39 is 0 Å². The Morgan fingerprint density at radius 1 is 1.65 bits per heavy atom. The van der Waals surface area contributed by atoms with Crippen LogP contribution in [0.15, 0.2) is 0 Å². The molecule has 1 aromatic rings. The van der Waals surface area contributed by atoms with E-state index in [0.717, 1.165) is 23.8 Å². The van der Waals surface area contributed by atoms with Crippen molar-refractivity contribution >= 4 is 17.2 Å². The number of morpholine rings is 1. The molecule has 0 amide bonds. The van der Waals surface area contributed by atoms with E-state index in [1.165, 1.54) is 4.88 Å². The van der Waals surface area contributed by atoms with E-state index in [1.54, 1.807) is 11.3 Å². The van der Waals surface area contributed by atoms with E-state index >= 15 is 0 Å². The van der Waals surface area contributed by atoms with Gasteiger partial charge in [-0.2, -0.15) is 0 Å². The molecule has 6 heteroatoms. The molecular formula is C11H18N4OS. The smallest absolute Gasteiger partial charge is 0.127 e. The molecule has 2 heterocycles. The van der Waals surface area contributed by atoms with Gasteiger partial charge in [-0.3, -0.25) is 10.3 Å². The molecule has 0 aromatic carbocycles. The number of nitrogens with one attached hydrogen (secondary N) is 1. The van der Waals surface area contributed by atoms with Gasteiger partial charge >= 0.3 is 0 Å². The summed E-state index contributed by atoms with van der Waals surface area (Å²) < 4.78 is 5.43. The summed E-state index contributed by atoms with van der Waals surface area (Å²) >= 11 is 1.74.